The van der Waals surface area contributed by atoms with Crippen LogP contribution in [-0.2, 0) is 6.54 Å². The summed E-state index contributed by atoms with van der Waals surface area (Å²) in [4.78, 5) is 9.28. The third-order valence-electron chi connectivity index (χ3n) is 3.56. The molecule has 3 rings (SSSR count). The summed E-state index contributed by atoms with van der Waals surface area (Å²) in [5.74, 6) is 3.39. The highest BCUT2D eigenvalue weighted by Gasteiger charge is 2.27. The molecular formula is C17H22N4. The fourth-order valence-electron chi connectivity index (χ4n) is 2.21. The van der Waals surface area contributed by atoms with Crippen LogP contribution < -0.4 is 10.6 Å². The summed E-state index contributed by atoms with van der Waals surface area (Å²) < 4.78 is 0. The smallest absolute Gasteiger partial charge is 0.136 e. The van der Waals surface area contributed by atoms with Crippen LogP contribution >= 0.6 is 0 Å². The van der Waals surface area contributed by atoms with Gasteiger partial charge in [-0.2, -0.15) is 0 Å². The van der Waals surface area contributed by atoms with E-state index in [0.717, 1.165) is 37.0 Å². The summed E-state index contributed by atoms with van der Waals surface area (Å²) in [6.07, 6.45) is 3.53. The molecule has 0 aliphatic heterocycles. The van der Waals surface area contributed by atoms with E-state index in [4.69, 9.17) is 0 Å². The molecule has 0 atom stereocenters. The SMILES string of the molecule is CCCNc1cc(NCc2ccccc2)nc(C2CC2)n1. The van der Waals surface area contributed by atoms with Crippen LogP contribution in [0.15, 0.2) is 36.4 Å². The van der Waals surface area contributed by atoms with Crippen molar-refractivity contribution in [2.75, 3.05) is 17.2 Å². The molecule has 2 aromatic rings. The van der Waals surface area contributed by atoms with Gasteiger partial charge in [0.1, 0.15) is 17.5 Å². The number of aromatic nitrogens is 2. The van der Waals surface area contributed by atoms with E-state index < -0.39 is 0 Å². The summed E-state index contributed by atoms with van der Waals surface area (Å²) in [6, 6.07) is 12.4. The molecule has 4 heteroatoms. The van der Waals surface area contributed by atoms with Crippen molar-refractivity contribution in [3.63, 3.8) is 0 Å². The molecule has 1 aromatic heterocycles. The topological polar surface area (TPSA) is 49.8 Å². The Balaban J connectivity index is 1.72. The number of anilines is 2. The van der Waals surface area contributed by atoms with Crippen LogP contribution in [0, 0.1) is 0 Å². The quantitative estimate of drug-likeness (QED) is 0.811. The number of hydrogen-bond acceptors (Lipinski definition) is 4. The summed E-state index contributed by atoms with van der Waals surface area (Å²) in [5, 5.41) is 6.77. The molecule has 0 radical (unpaired) electrons. The van der Waals surface area contributed by atoms with Gasteiger partial charge in [-0.05, 0) is 24.8 Å². The van der Waals surface area contributed by atoms with E-state index in [2.05, 4.69) is 51.8 Å². The average Bonchev–Trinajstić information content (AvgIpc) is 3.37. The van der Waals surface area contributed by atoms with E-state index >= 15 is 0 Å². The monoisotopic (exact) mass is 282 g/mol. The molecule has 1 saturated carbocycles. The van der Waals surface area contributed by atoms with Gasteiger partial charge in [0.05, 0.1) is 0 Å². The number of nitrogens with one attached hydrogen (secondary N) is 2. The second-order valence-corrected chi connectivity index (χ2v) is 5.54. The van der Waals surface area contributed by atoms with E-state index in [0.29, 0.717) is 5.92 Å². The Morgan fingerprint density at radius 2 is 1.76 bits per heavy atom. The van der Waals surface area contributed by atoms with Gasteiger partial charge in [0.25, 0.3) is 0 Å². The molecule has 0 spiro atoms. The number of benzene rings is 1. The van der Waals surface area contributed by atoms with Crippen molar-refractivity contribution in [2.24, 2.45) is 0 Å². The standard InChI is InChI=1S/C17H22N4/c1-2-10-18-15-11-16(21-17(20-15)14-8-9-14)19-12-13-6-4-3-5-7-13/h3-7,11,14H,2,8-10,12H2,1H3,(H2,18,19,20,21). The average molecular weight is 282 g/mol. The predicted octanol–water partition coefficient (Wildman–Crippen LogP) is 3.79. The molecule has 2 N–H and O–H groups in total. The third-order valence-corrected chi connectivity index (χ3v) is 3.56. The zero-order chi connectivity index (χ0) is 14.5. The van der Waals surface area contributed by atoms with Gasteiger partial charge in [-0.15, -0.1) is 0 Å². The fraction of sp³-hybridized carbons (Fsp3) is 0.412. The number of hydrogen-bond donors (Lipinski definition) is 2. The molecular weight excluding hydrogens is 260 g/mol. The maximum Gasteiger partial charge on any atom is 0.136 e. The lowest BCUT2D eigenvalue weighted by molar-refractivity contribution is 0.904. The minimum absolute atomic E-state index is 0.561. The van der Waals surface area contributed by atoms with Crippen molar-refractivity contribution < 1.29 is 0 Å². The molecule has 0 amide bonds. The van der Waals surface area contributed by atoms with Crippen LogP contribution in [0.2, 0.25) is 0 Å². The summed E-state index contributed by atoms with van der Waals surface area (Å²) in [7, 11) is 0. The number of nitrogens with zero attached hydrogens (tertiary/aromatic N) is 2. The first-order valence-corrected chi connectivity index (χ1v) is 7.76. The van der Waals surface area contributed by atoms with Crippen molar-refractivity contribution in [2.45, 2.75) is 38.6 Å². The Hall–Kier alpha value is -2.10. The van der Waals surface area contributed by atoms with Gasteiger partial charge in [0, 0.05) is 25.1 Å². The Labute approximate surface area is 126 Å². The van der Waals surface area contributed by atoms with Crippen molar-refractivity contribution in [3.8, 4) is 0 Å². The van der Waals surface area contributed by atoms with E-state index in [9.17, 15) is 0 Å². The van der Waals surface area contributed by atoms with Gasteiger partial charge >= 0.3 is 0 Å². The molecule has 110 valence electrons. The molecule has 1 heterocycles. The maximum absolute atomic E-state index is 4.66. The second-order valence-electron chi connectivity index (χ2n) is 5.54. The van der Waals surface area contributed by atoms with Crippen LogP contribution in [0.4, 0.5) is 11.6 Å². The molecule has 1 fully saturated rings. The predicted molar refractivity (Wildman–Crippen MR) is 86.6 cm³/mol. The fourth-order valence-corrected chi connectivity index (χ4v) is 2.21. The molecule has 1 aromatic carbocycles. The van der Waals surface area contributed by atoms with Gasteiger partial charge < -0.3 is 10.6 Å². The normalized spacial score (nSPS) is 14.0. The number of rotatable bonds is 7. The first-order chi connectivity index (χ1) is 10.3. The van der Waals surface area contributed by atoms with E-state index in [1.54, 1.807) is 0 Å². The van der Waals surface area contributed by atoms with Crippen molar-refractivity contribution in [1.82, 2.24) is 9.97 Å². The molecule has 0 saturated heterocycles. The van der Waals surface area contributed by atoms with Crippen molar-refractivity contribution >= 4 is 11.6 Å². The second kappa shape index (κ2) is 6.57. The molecule has 1 aliphatic rings. The molecule has 21 heavy (non-hydrogen) atoms. The van der Waals surface area contributed by atoms with E-state index in [1.165, 1.54) is 18.4 Å². The first kappa shape index (κ1) is 13.9. The lowest BCUT2D eigenvalue weighted by atomic mass is 10.2. The minimum Gasteiger partial charge on any atom is -0.370 e. The van der Waals surface area contributed by atoms with Gasteiger partial charge in [0.2, 0.25) is 0 Å². The lowest BCUT2D eigenvalue weighted by Gasteiger charge is -2.11. The van der Waals surface area contributed by atoms with Gasteiger partial charge in [-0.25, -0.2) is 9.97 Å². The highest BCUT2D eigenvalue weighted by atomic mass is 15.1. The largest absolute Gasteiger partial charge is 0.370 e. The van der Waals surface area contributed by atoms with Crippen molar-refractivity contribution in [3.05, 3.63) is 47.8 Å². The van der Waals surface area contributed by atoms with E-state index in [-0.39, 0.29) is 0 Å². The van der Waals surface area contributed by atoms with E-state index in [1.807, 2.05) is 12.1 Å². The van der Waals surface area contributed by atoms with Crippen molar-refractivity contribution in [1.29, 1.82) is 0 Å². The Kier molecular flexibility index (Phi) is 4.34. The molecule has 0 unspecified atom stereocenters. The van der Waals surface area contributed by atoms with Gasteiger partial charge in [-0.3, -0.25) is 0 Å². The van der Waals surface area contributed by atoms with Crippen LogP contribution in [0.3, 0.4) is 0 Å². The Morgan fingerprint density at radius 1 is 1.05 bits per heavy atom. The van der Waals surface area contributed by atoms with Gasteiger partial charge in [0.15, 0.2) is 0 Å². The highest BCUT2D eigenvalue weighted by Crippen LogP contribution is 2.38. The minimum atomic E-state index is 0.561. The maximum atomic E-state index is 4.66. The summed E-state index contributed by atoms with van der Waals surface area (Å²) in [6.45, 7) is 3.89. The van der Waals surface area contributed by atoms with Crippen LogP contribution in [-0.4, -0.2) is 16.5 Å². The zero-order valence-corrected chi connectivity index (χ0v) is 12.5. The highest BCUT2D eigenvalue weighted by molar-refractivity contribution is 5.48. The molecule has 4 nitrogen and oxygen atoms in total. The van der Waals surface area contributed by atoms with Crippen LogP contribution in [0.1, 0.15) is 43.5 Å². The van der Waals surface area contributed by atoms with Crippen LogP contribution in [0.25, 0.3) is 0 Å². The molecule has 0 bridgehead atoms. The Bertz CT molecular complexity index is 579. The van der Waals surface area contributed by atoms with Crippen LogP contribution in [0.5, 0.6) is 0 Å². The first-order valence-electron chi connectivity index (χ1n) is 7.76. The lowest BCUT2D eigenvalue weighted by Crippen LogP contribution is -2.08. The molecule has 1 aliphatic carbocycles. The Morgan fingerprint density at radius 3 is 2.43 bits per heavy atom. The third kappa shape index (κ3) is 3.94. The van der Waals surface area contributed by atoms with Gasteiger partial charge in [-0.1, -0.05) is 37.3 Å². The zero-order valence-electron chi connectivity index (χ0n) is 12.5. The summed E-state index contributed by atoms with van der Waals surface area (Å²) >= 11 is 0. The summed E-state index contributed by atoms with van der Waals surface area (Å²) in [5.41, 5.74) is 1.26.